The minimum atomic E-state index is -0.508. The van der Waals surface area contributed by atoms with Crippen molar-refractivity contribution in [1.29, 1.82) is 0 Å². The first-order valence-corrected chi connectivity index (χ1v) is 11.6. The van der Waals surface area contributed by atoms with Crippen molar-refractivity contribution in [1.82, 2.24) is 20.0 Å². The Balaban J connectivity index is 1.51. The molecule has 1 fully saturated rings. The number of nitrogens with one attached hydrogen (secondary N) is 1. The van der Waals surface area contributed by atoms with Crippen molar-refractivity contribution in [3.8, 4) is 11.1 Å². The molecule has 2 heterocycles. The number of aryl methyl sites for hydroxylation is 1. The summed E-state index contributed by atoms with van der Waals surface area (Å²) < 4.78 is 1.94. The Morgan fingerprint density at radius 1 is 1.09 bits per heavy atom. The molecule has 2 unspecified atom stereocenters. The van der Waals surface area contributed by atoms with Crippen LogP contribution >= 0.6 is 0 Å². The summed E-state index contributed by atoms with van der Waals surface area (Å²) in [6, 6.07) is 17.8. The number of benzene rings is 2. The number of nitrogens with zero attached hydrogens (tertiary/aromatic N) is 3. The Labute approximate surface area is 195 Å². The fourth-order valence-corrected chi connectivity index (χ4v) is 4.58. The van der Waals surface area contributed by atoms with Crippen LogP contribution in [0, 0.1) is 20.8 Å². The molecule has 1 aliphatic heterocycles. The zero-order valence-corrected chi connectivity index (χ0v) is 19.8. The third-order valence-corrected chi connectivity index (χ3v) is 6.69. The Kier molecular flexibility index (Phi) is 6.63. The number of piperazine rings is 1. The van der Waals surface area contributed by atoms with E-state index in [0.717, 1.165) is 33.6 Å². The highest BCUT2D eigenvalue weighted by Gasteiger charge is 2.34. The molecule has 1 saturated heterocycles. The van der Waals surface area contributed by atoms with Gasteiger partial charge in [0, 0.05) is 31.6 Å². The van der Waals surface area contributed by atoms with Crippen molar-refractivity contribution in [3.05, 3.63) is 77.1 Å². The van der Waals surface area contributed by atoms with Crippen LogP contribution in [-0.4, -0.2) is 45.6 Å². The highest BCUT2D eigenvalue weighted by Crippen LogP contribution is 2.24. The molecule has 0 saturated carbocycles. The largest absolute Gasteiger partial charge is 0.353 e. The van der Waals surface area contributed by atoms with E-state index in [9.17, 15) is 9.59 Å². The molecule has 0 bridgehead atoms. The summed E-state index contributed by atoms with van der Waals surface area (Å²) in [7, 11) is 0. The van der Waals surface area contributed by atoms with E-state index in [4.69, 9.17) is 0 Å². The van der Waals surface area contributed by atoms with Gasteiger partial charge < -0.3 is 10.2 Å². The molecule has 33 heavy (non-hydrogen) atoms. The predicted molar refractivity (Wildman–Crippen MR) is 130 cm³/mol. The third-order valence-electron chi connectivity index (χ3n) is 6.69. The molecule has 0 spiro atoms. The minimum Gasteiger partial charge on any atom is -0.353 e. The monoisotopic (exact) mass is 444 g/mol. The first-order valence-electron chi connectivity index (χ1n) is 11.6. The van der Waals surface area contributed by atoms with Gasteiger partial charge in [0.1, 0.15) is 6.04 Å². The maximum absolute atomic E-state index is 13.3. The number of carbonyl (C=O) groups excluding carboxylic acids is 2. The molecule has 4 rings (SSSR count). The zero-order chi connectivity index (χ0) is 23.5. The third kappa shape index (κ3) is 4.85. The van der Waals surface area contributed by atoms with Gasteiger partial charge in [-0.3, -0.25) is 14.3 Å². The van der Waals surface area contributed by atoms with Crippen LogP contribution in [-0.2, 0) is 16.0 Å². The summed E-state index contributed by atoms with van der Waals surface area (Å²) in [5, 5.41) is 7.55. The highest BCUT2D eigenvalue weighted by molar-refractivity contribution is 5.89. The number of rotatable bonds is 6. The van der Waals surface area contributed by atoms with E-state index in [2.05, 4.69) is 41.6 Å². The summed E-state index contributed by atoms with van der Waals surface area (Å²) in [5.41, 5.74) is 6.50. The molecule has 2 atom stereocenters. The van der Waals surface area contributed by atoms with E-state index >= 15 is 0 Å². The van der Waals surface area contributed by atoms with Crippen LogP contribution in [0.15, 0.2) is 54.6 Å². The van der Waals surface area contributed by atoms with E-state index in [1.54, 1.807) is 4.90 Å². The summed E-state index contributed by atoms with van der Waals surface area (Å²) >= 11 is 0. The molecule has 6 heteroatoms. The van der Waals surface area contributed by atoms with Gasteiger partial charge in [0.05, 0.1) is 11.7 Å². The van der Waals surface area contributed by atoms with Gasteiger partial charge in [-0.2, -0.15) is 5.10 Å². The van der Waals surface area contributed by atoms with Crippen molar-refractivity contribution in [3.63, 3.8) is 0 Å². The lowest BCUT2D eigenvalue weighted by atomic mass is 9.97. The van der Waals surface area contributed by atoms with E-state index in [0.29, 0.717) is 25.9 Å². The summed E-state index contributed by atoms with van der Waals surface area (Å²) in [5.74, 6) is -0.0962. The van der Waals surface area contributed by atoms with Gasteiger partial charge in [-0.1, -0.05) is 54.6 Å². The van der Waals surface area contributed by atoms with Crippen LogP contribution in [0.1, 0.15) is 41.9 Å². The van der Waals surface area contributed by atoms with Gasteiger partial charge >= 0.3 is 0 Å². The van der Waals surface area contributed by atoms with E-state index in [1.165, 1.54) is 0 Å². The number of amides is 2. The normalized spacial score (nSPS) is 17.0. The van der Waals surface area contributed by atoms with Crippen molar-refractivity contribution in [2.24, 2.45) is 0 Å². The lowest BCUT2D eigenvalue weighted by Gasteiger charge is -2.36. The minimum absolute atomic E-state index is 0.00762. The van der Waals surface area contributed by atoms with Gasteiger partial charge in [0.2, 0.25) is 11.8 Å². The second-order valence-corrected chi connectivity index (χ2v) is 8.96. The van der Waals surface area contributed by atoms with Crippen molar-refractivity contribution in [2.75, 3.05) is 13.1 Å². The van der Waals surface area contributed by atoms with E-state index < -0.39 is 6.04 Å². The molecule has 2 aromatic carbocycles. The molecule has 172 valence electrons. The van der Waals surface area contributed by atoms with E-state index in [-0.39, 0.29) is 17.9 Å². The maximum Gasteiger partial charge on any atom is 0.243 e. The van der Waals surface area contributed by atoms with Gasteiger partial charge in [0.15, 0.2) is 0 Å². The Morgan fingerprint density at radius 3 is 2.52 bits per heavy atom. The fraction of sp³-hybridized carbons (Fsp3) is 0.370. The number of hydrogen-bond acceptors (Lipinski definition) is 3. The van der Waals surface area contributed by atoms with E-state index in [1.807, 2.05) is 55.8 Å². The number of hydrogen-bond donors (Lipinski definition) is 1. The van der Waals surface area contributed by atoms with Gasteiger partial charge in [0.25, 0.3) is 0 Å². The smallest absolute Gasteiger partial charge is 0.243 e. The highest BCUT2D eigenvalue weighted by atomic mass is 16.2. The first kappa shape index (κ1) is 22.8. The molecule has 1 aliphatic rings. The van der Waals surface area contributed by atoms with Gasteiger partial charge in [-0.25, -0.2) is 0 Å². The summed E-state index contributed by atoms with van der Waals surface area (Å²) in [6.07, 6.45) is 0.806. The number of aromatic nitrogens is 2. The number of carbonyl (C=O) groups is 2. The van der Waals surface area contributed by atoms with Crippen molar-refractivity contribution < 1.29 is 9.59 Å². The second-order valence-electron chi connectivity index (χ2n) is 8.96. The van der Waals surface area contributed by atoms with Crippen LogP contribution in [0.3, 0.4) is 0 Å². The maximum atomic E-state index is 13.3. The first-order chi connectivity index (χ1) is 15.8. The molecule has 1 aromatic heterocycles. The SMILES string of the molecule is Cc1nn(C(C)CC(=O)N2CCNC(=O)C2Cc2cccc(-c3ccccc3)c2)c(C)c1C. The predicted octanol–water partition coefficient (Wildman–Crippen LogP) is 4.00. The molecular weight excluding hydrogens is 412 g/mol. The van der Waals surface area contributed by atoms with Gasteiger partial charge in [-0.05, 0) is 49.9 Å². The molecule has 6 nitrogen and oxygen atoms in total. The van der Waals surface area contributed by atoms with Crippen LogP contribution in [0.2, 0.25) is 0 Å². The summed E-state index contributed by atoms with van der Waals surface area (Å²) in [4.78, 5) is 27.9. The molecule has 3 aromatic rings. The topological polar surface area (TPSA) is 67.2 Å². The Morgan fingerprint density at radius 2 is 1.82 bits per heavy atom. The molecule has 2 amide bonds. The summed E-state index contributed by atoms with van der Waals surface area (Å²) in [6.45, 7) is 9.10. The van der Waals surface area contributed by atoms with Crippen LogP contribution in [0.5, 0.6) is 0 Å². The molecule has 0 aliphatic carbocycles. The standard InChI is InChI=1S/C27H32N4O2/c1-18(31-21(4)19(2)20(3)29-31)15-26(32)30-14-13-28-27(33)25(30)17-22-9-8-12-24(16-22)23-10-6-5-7-11-23/h5-12,16,18,25H,13-15,17H2,1-4H3,(H,28,33). The molecule has 0 radical (unpaired) electrons. The van der Waals surface area contributed by atoms with Crippen LogP contribution in [0.4, 0.5) is 0 Å². The van der Waals surface area contributed by atoms with Gasteiger partial charge in [-0.15, -0.1) is 0 Å². The Hall–Kier alpha value is -3.41. The quantitative estimate of drug-likeness (QED) is 0.625. The average molecular weight is 445 g/mol. The Bertz CT molecular complexity index is 1150. The lowest BCUT2D eigenvalue weighted by molar-refractivity contribution is -0.143. The molecule has 1 N–H and O–H groups in total. The lowest BCUT2D eigenvalue weighted by Crippen LogP contribution is -2.58. The zero-order valence-electron chi connectivity index (χ0n) is 19.8. The van der Waals surface area contributed by atoms with Crippen LogP contribution < -0.4 is 5.32 Å². The van der Waals surface area contributed by atoms with Crippen molar-refractivity contribution >= 4 is 11.8 Å². The molecular formula is C27H32N4O2. The second kappa shape index (κ2) is 9.61. The average Bonchev–Trinajstić information content (AvgIpc) is 3.08. The van der Waals surface area contributed by atoms with Crippen LogP contribution in [0.25, 0.3) is 11.1 Å². The van der Waals surface area contributed by atoms with Crippen molar-refractivity contribution in [2.45, 2.75) is 52.6 Å². The fourth-order valence-electron chi connectivity index (χ4n) is 4.58.